The zero-order valence-corrected chi connectivity index (χ0v) is 20.8. The second-order valence-electron chi connectivity index (χ2n) is 9.30. The van der Waals surface area contributed by atoms with Crippen LogP contribution >= 0.6 is 11.6 Å². The Morgan fingerprint density at radius 3 is 2.44 bits per heavy atom. The highest BCUT2D eigenvalue weighted by Gasteiger charge is 2.26. The lowest BCUT2D eigenvalue weighted by atomic mass is 10.1. The Morgan fingerprint density at radius 1 is 1.08 bits per heavy atom. The van der Waals surface area contributed by atoms with Crippen LogP contribution in [0.2, 0.25) is 5.02 Å². The Bertz CT molecular complexity index is 1250. The number of rotatable bonds is 6. The van der Waals surface area contributed by atoms with Crippen molar-refractivity contribution >= 4 is 35.2 Å². The number of carbonyl (C=O) groups is 1. The molecule has 2 aliphatic heterocycles. The third-order valence-corrected chi connectivity index (χ3v) is 7.07. The van der Waals surface area contributed by atoms with E-state index >= 15 is 0 Å². The molecule has 4 heterocycles. The summed E-state index contributed by atoms with van der Waals surface area (Å²) in [4.78, 5) is 31.8. The van der Waals surface area contributed by atoms with Crippen LogP contribution in [0.1, 0.15) is 25.3 Å². The molecule has 5 rings (SSSR count). The van der Waals surface area contributed by atoms with Gasteiger partial charge in [0.1, 0.15) is 17.5 Å². The van der Waals surface area contributed by atoms with Gasteiger partial charge in [-0.2, -0.15) is 4.98 Å². The number of aliphatic carboxylic acids is 1. The topological polar surface area (TPSA) is 85.7 Å². The van der Waals surface area contributed by atoms with E-state index in [1.807, 2.05) is 6.07 Å². The van der Waals surface area contributed by atoms with Gasteiger partial charge in [0.2, 0.25) is 5.95 Å². The van der Waals surface area contributed by atoms with Crippen LogP contribution in [-0.2, 0) is 11.2 Å². The van der Waals surface area contributed by atoms with Gasteiger partial charge in [-0.15, -0.1) is 0 Å². The predicted molar refractivity (Wildman–Crippen MR) is 138 cm³/mol. The fraction of sp³-hybridized carbons (Fsp3) is 0.385. The number of halogens is 2. The van der Waals surface area contributed by atoms with E-state index in [4.69, 9.17) is 26.7 Å². The molecule has 0 unspecified atom stereocenters. The Balaban J connectivity index is 1.37. The zero-order chi connectivity index (χ0) is 25.2. The Labute approximate surface area is 214 Å². The molecule has 8 nitrogen and oxygen atoms in total. The van der Waals surface area contributed by atoms with Gasteiger partial charge in [-0.25, -0.2) is 14.4 Å². The minimum Gasteiger partial charge on any atom is -0.481 e. The minimum atomic E-state index is -0.915. The largest absolute Gasteiger partial charge is 0.481 e. The molecule has 2 aromatic heterocycles. The summed E-state index contributed by atoms with van der Waals surface area (Å²) in [5.74, 6) is 1.02. The molecule has 0 amide bonds. The van der Waals surface area contributed by atoms with Crippen molar-refractivity contribution < 1.29 is 14.3 Å². The molecule has 0 radical (unpaired) electrons. The Morgan fingerprint density at radius 2 is 1.81 bits per heavy atom. The molecule has 0 spiro atoms. The summed E-state index contributed by atoms with van der Waals surface area (Å²) in [7, 11) is 0. The number of piperazine rings is 1. The van der Waals surface area contributed by atoms with E-state index in [0.717, 1.165) is 36.5 Å². The van der Waals surface area contributed by atoms with Gasteiger partial charge in [-0.3, -0.25) is 4.79 Å². The van der Waals surface area contributed by atoms with Crippen LogP contribution in [0, 0.1) is 5.82 Å². The van der Waals surface area contributed by atoms with Gasteiger partial charge in [0.05, 0.1) is 17.1 Å². The highest BCUT2D eigenvalue weighted by Crippen LogP contribution is 2.31. The van der Waals surface area contributed by atoms with Crippen molar-refractivity contribution in [1.82, 2.24) is 15.0 Å². The van der Waals surface area contributed by atoms with Gasteiger partial charge < -0.3 is 19.8 Å². The summed E-state index contributed by atoms with van der Waals surface area (Å²) < 4.78 is 13.5. The average Bonchev–Trinajstić information content (AvgIpc) is 3.30. The number of pyridine rings is 1. The smallest absolute Gasteiger partial charge is 0.307 e. The first-order chi connectivity index (χ1) is 17.4. The van der Waals surface area contributed by atoms with Crippen molar-refractivity contribution in [2.24, 2.45) is 0 Å². The molecule has 2 saturated heterocycles. The average molecular weight is 511 g/mol. The monoisotopic (exact) mass is 510 g/mol. The van der Waals surface area contributed by atoms with Crippen LogP contribution in [0.15, 0.2) is 42.6 Å². The first-order valence-electron chi connectivity index (χ1n) is 12.1. The van der Waals surface area contributed by atoms with E-state index in [0.29, 0.717) is 54.6 Å². The van der Waals surface area contributed by atoms with Crippen LogP contribution in [-0.4, -0.2) is 64.8 Å². The molecule has 10 heteroatoms. The minimum absolute atomic E-state index is 0.108. The Kier molecular flexibility index (Phi) is 6.91. The maximum atomic E-state index is 13.5. The number of benzene rings is 1. The lowest BCUT2D eigenvalue weighted by Crippen LogP contribution is -2.47. The first kappa shape index (κ1) is 24.2. The maximum absolute atomic E-state index is 13.5. The molecule has 2 aliphatic rings. The van der Waals surface area contributed by atoms with Crippen LogP contribution in [0.5, 0.6) is 0 Å². The highest BCUT2D eigenvalue weighted by molar-refractivity contribution is 6.33. The number of nitrogens with zero attached hydrogens (tertiary/aromatic N) is 6. The molecule has 3 aromatic rings. The quantitative estimate of drug-likeness (QED) is 0.526. The van der Waals surface area contributed by atoms with E-state index in [2.05, 4.69) is 26.6 Å². The van der Waals surface area contributed by atoms with E-state index in [1.54, 1.807) is 24.4 Å². The molecule has 0 saturated carbocycles. The van der Waals surface area contributed by atoms with E-state index in [-0.39, 0.29) is 12.2 Å². The van der Waals surface area contributed by atoms with Crippen LogP contribution in [0.25, 0.3) is 11.3 Å². The predicted octanol–water partition coefficient (Wildman–Crippen LogP) is 4.27. The zero-order valence-electron chi connectivity index (χ0n) is 20.1. The highest BCUT2D eigenvalue weighted by atomic mass is 35.5. The number of hydrogen-bond acceptors (Lipinski definition) is 7. The lowest BCUT2D eigenvalue weighted by Gasteiger charge is -2.37. The fourth-order valence-corrected chi connectivity index (χ4v) is 5.14. The summed E-state index contributed by atoms with van der Waals surface area (Å²) in [6.07, 6.45) is 3.68. The third-order valence-electron chi connectivity index (χ3n) is 6.79. The van der Waals surface area contributed by atoms with Crippen LogP contribution in [0.4, 0.5) is 22.0 Å². The van der Waals surface area contributed by atoms with Gasteiger partial charge in [0, 0.05) is 56.6 Å². The van der Waals surface area contributed by atoms with Gasteiger partial charge in [-0.05, 0) is 55.7 Å². The molecule has 1 atom stereocenters. The lowest BCUT2D eigenvalue weighted by molar-refractivity contribution is -0.136. The van der Waals surface area contributed by atoms with E-state index in [9.17, 15) is 9.18 Å². The molecule has 36 heavy (non-hydrogen) atoms. The van der Waals surface area contributed by atoms with Gasteiger partial charge in [0.25, 0.3) is 0 Å². The molecule has 0 bridgehead atoms. The number of anilines is 3. The summed E-state index contributed by atoms with van der Waals surface area (Å²) in [5, 5.41) is 9.46. The fourth-order valence-electron chi connectivity index (χ4n) is 4.83. The number of aromatic nitrogens is 3. The van der Waals surface area contributed by atoms with Crippen molar-refractivity contribution in [2.45, 2.75) is 32.2 Å². The van der Waals surface area contributed by atoms with Crippen LogP contribution in [0.3, 0.4) is 0 Å². The van der Waals surface area contributed by atoms with Gasteiger partial charge in [0.15, 0.2) is 0 Å². The number of carboxylic acid groups (broad SMARTS) is 1. The van der Waals surface area contributed by atoms with Gasteiger partial charge >= 0.3 is 5.97 Å². The second-order valence-corrected chi connectivity index (χ2v) is 9.70. The molecule has 1 aromatic carbocycles. The molecule has 0 aliphatic carbocycles. The SMILES string of the molecule is C[C@@H]1CCCN1c1nc(-c2ccc(F)cc2)cc(N2CCN(c3ncc(CC(=O)O)cc3Cl)CC2)n1. The van der Waals surface area contributed by atoms with Crippen molar-refractivity contribution in [1.29, 1.82) is 0 Å². The van der Waals surface area contributed by atoms with E-state index in [1.165, 1.54) is 12.1 Å². The Hall–Kier alpha value is -3.46. The normalized spacial score (nSPS) is 18.1. The summed E-state index contributed by atoms with van der Waals surface area (Å²) in [5.41, 5.74) is 2.20. The third kappa shape index (κ3) is 5.21. The van der Waals surface area contributed by atoms with Crippen molar-refractivity contribution in [3.05, 3.63) is 59.0 Å². The van der Waals surface area contributed by atoms with E-state index < -0.39 is 5.97 Å². The number of hydrogen-bond donors (Lipinski definition) is 1. The maximum Gasteiger partial charge on any atom is 0.307 e. The molecular weight excluding hydrogens is 483 g/mol. The summed E-state index contributed by atoms with van der Waals surface area (Å²) >= 11 is 6.44. The number of carboxylic acids is 1. The van der Waals surface area contributed by atoms with Gasteiger partial charge in [-0.1, -0.05) is 11.6 Å². The second kappa shape index (κ2) is 10.3. The molecule has 1 N–H and O–H groups in total. The summed E-state index contributed by atoms with van der Waals surface area (Å²) in [6.45, 7) is 5.92. The van der Waals surface area contributed by atoms with Crippen LogP contribution < -0.4 is 14.7 Å². The molecular formula is C26H28ClFN6O2. The molecule has 2 fully saturated rings. The first-order valence-corrected chi connectivity index (χ1v) is 12.5. The van der Waals surface area contributed by atoms with Crippen molar-refractivity contribution in [3.63, 3.8) is 0 Å². The van der Waals surface area contributed by atoms with Crippen molar-refractivity contribution in [3.8, 4) is 11.3 Å². The molecule has 188 valence electrons. The summed E-state index contributed by atoms with van der Waals surface area (Å²) in [6, 6.07) is 10.4. The van der Waals surface area contributed by atoms with Crippen molar-refractivity contribution in [2.75, 3.05) is 47.4 Å². The standard InChI is InChI=1S/C26H28ClFN6O2/c1-17-3-2-8-34(17)26-30-22(19-4-6-20(28)7-5-19)15-23(31-26)32-9-11-33(12-10-32)25-21(27)13-18(16-29-25)14-24(35)36/h4-7,13,15-17H,2-3,8-12,14H2,1H3,(H,35,36)/t17-/m1/s1.